The van der Waals surface area contributed by atoms with Crippen LogP contribution in [-0.4, -0.2) is 17.5 Å². The van der Waals surface area contributed by atoms with Gasteiger partial charge in [-0.2, -0.15) is 13.7 Å². The average Bonchev–Trinajstić information content (AvgIpc) is 2.61. The van der Waals surface area contributed by atoms with Crippen molar-refractivity contribution in [2.75, 3.05) is 0 Å². The van der Waals surface area contributed by atoms with E-state index in [0.717, 1.165) is 0 Å². The first kappa shape index (κ1) is 15.0. The third-order valence-electron chi connectivity index (χ3n) is 2.68. The summed E-state index contributed by atoms with van der Waals surface area (Å²) < 4.78 is 98.9. The van der Waals surface area contributed by atoms with Gasteiger partial charge < -0.3 is 0 Å². The number of allylic oxidation sites excluding steroid dienone is 1. The van der Waals surface area contributed by atoms with E-state index in [1.807, 2.05) is 0 Å². The van der Waals surface area contributed by atoms with Crippen molar-refractivity contribution in [1.82, 2.24) is 4.90 Å². The summed E-state index contributed by atoms with van der Waals surface area (Å²) in [7, 11) is 0. The molecular weight excluding hydrogens is 274 g/mol. The molecule has 18 heavy (non-hydrogen) atoms. The van der Waals surface area contributed by atoms with Crippen LogP contribution in [-0.2, 0) is 0 Å². The molecule has 0 saturated heterocycles. The molecule has 1 rings (SSSR count). The number of halogens is 8. The van der Waals surface area contributed by atoms with Crippen molar-refractivity contribution in [3.63, 3.8) is 0 Å². The zero-order chi connectivity index (χ0) is 14.1. The van der Waals surface area contributed by atoms with E-state index in [2.05, 4.69) is 0 Å². The summed E-state index contributed by atoms with van der Waals surface area (Å²) >= 11 is 0. The summed E-state index contributed by atoms with van der Waals surface area (Å²) in [5.41, 5.74) is -1.97. The highest BCUT2D eigenvalue weighted by atomic mass is 19.4. The molecule has 1 aliphatic rings. The van der Waals surface area contributed by atoms with Gasteiger partial charge in [0.1, 0.15) is 0 Å². The lowest BCUT2D eigenvalue weighted by atomic mass is 10.0. The van der Waals surface area contributed by atoms with Gasteiger partial charge in [0.25, 0.3) is 6.08 Å². The van der Waals surface area contributed by atoms with Crippen molar-refractivity contribution in [2.24, 2.45) is 5.92 Å². The highest BCUT2D eigenvalue weighted by Crippen LogP contribution is 2.45. The summed E-state index contributed by atoms with van der Waals surface area (Å²) in [6, 6.07) is 0. The van der Waals surface area contributed by atoms with Gasteiger partial charge in [-0.05, 0) is 12.8 Å². The molecule has 1 fully saturated rings. The monoisotopic (exact) mass is 283 g/mol. The summed E-state index contributed by atoms with van der Waals surface area (Å²) in [4.78, 5) is -2.08. The van der Waals surface area contributed by atoms with Gasteiger partial charge in [0.2, 0.25) is 0 Å². The van der Waals surface area contributed by atoms with E-state index in [4.69, 9.17) is 0 Å². The van der Waals surface area contributed by atoms with Crippen molar-refractivity contribution in [3.8, 4) is 0 Å². The van der Waals surface area contributed by atoms with Crippen LogP contribution < -0.4 is 0 Å². The highest BCUT2D eigenvalue weighted by molar-refractivity contribution is 5.10. The molecule has 0 spiro atoms. The first-order valence-corrected chi connectivity index (χ1v) is 5.04. The zero-order valence-corrected chi connectivity index (χ0v) is 8.88. The van der Waals surface area contributed by atoms with Crippen molar-refractivity contribution >= 4 is 0 Å². The predicted molar refractivity (Wildman–Crippen MR) is 45.1 cm³/mol. The van der Waals surface area contributed by atoms with Crippen LogP contribution >= 0.6 is 0 Å². The summed E-state index contributed by atoms with van der Waals surface area (Å²) in [5.74, 6) is -1.40. The summed E-state index contributed by atoms with van der Waals surface area (Å²) in [6.07, 6.45) is -14.3. The summed E-state index contributed by atoms with van der Waals surface area (Å²) in [6.45, 7) is 0. The van der Waals surface area contributed by atoms with Gasteiger partial charge in [-0.3, -0.25) is 0 Å². The predicted octanol–water partition coefficient (Wildman–Crippen LogP) is 4.63. The lowest BCUT2D eigenvalue weighted by Crippen LogP contribution is -2.48. The number of hydrogen-bond acceptors (Lipinski definition) is 1. The van der Waals surface area contributed by atoms with E-state index in [0.29, 0.717) is 12.8 Å². The molecule has 0 unspecified atom stereocenters. The second-order valence-corrected chi connectivity index (χ2v) is 3.90. The molecule has 9 heteroatoms. The van der Waals surface area contributed by atoms with Gasteiger partial charge in [0, 0.05) is 5.92 Å². The molecule has 1 nitrogen and oxygen atoms in total. The fraction of sp³-hybridized carbons (Fsp3) is 0.778. The molecule has 0 aromatic carbocycles. The van der Waals surface area contributed by atoms with Crippen LogP contribution in [0.15, 0.2) is 11.8 Å². The highest BCUT2D eigenvalue weighted by Gasteiger charge is 2.57. The molecule has 0 amide bonds. The van der Waals surface area contributed by atoms with Crippen LogP contribution in [0, 0.1) is 5.92 Å². The van der Waals surface area contributed by atoms with E-state index >= 15 is 0 Å². The molecule has 0 aromatic heterocycles. The molecule has 1 saturated carbocycles. The molecule has 0 heterocycles. The van der Waals surface area contributed by atoms with Crippen LogP contribution in [0.1, 0.15) is 25.7 Å². The largest absolute Gasteiger partial charge is 0.491 e. The van der Waals surface area contributed by atoms with Crippen molar-refractivity contribution in [3.05, 3.63) is 11.8 Å². The van der Waals surface area contributed by atoms with E-state index < -0.39 is 35.2 Å². The third-order valence-corrected chi connectivity index (χ3v) is 2.68. The van der Waals surface area contributed by atoms with Gasteiger partial charge in [0.15, 0.2) is 0 Å². The minimum absolute atomic E-state index is 0.102. The van der Waals surface area contributed by atoms with Crippen molar-refractivity contribution in [1.29, 1.82) is 0 Å². The van der Waals surface area contributed by atoms with Crippen LogP contribution in [0.4, 0.5) is 35.1 Å². The molecule has 1 aliphatic carbocycles. The Bertz CT molecular complexity index is 304. The van der Waals surface area contributed by atoms with E-state index in [1.165, 1.54) is 0 Å². The average molecular weight is 283 g/mol. The van der Waals surface area contributed by atoms with Crippen molar-refractivity contribution in [2.45, 2.75) is 38.3 Å². The minimum Gasteiger partial charge on any atom is -0.192 e. The third kappa shape index (κ3) is 3.26. The second kappa shape index (κ2) is 4.93. The van der Waals surface area contributed by atoms with Gasteiger partial charge in [-0.15, -0.1) is 26.3 Å². The molecule has 0 aliphatic heterocycles. The van der Waals surface area contributed by atoms with Crippen LogP contribution in [0.5, 0.6) is 0 Å². The second-order valence-electron chi connectivity index (χ2n) is 3.90. The number of alkyl halides is 6. The Hall–Kier alpha value is -1.02. The maximum absolute atomic E-state index is 12.5. The molecule has 0 aromatic rings. The molecule has 0 radical (unpaired) electrons. The quantitative estimate of drug-likeness (QED) is 0.527. The van der Waals surface area contributed by atoms with Gasteiger partial charge in [-0.25, -0.2) is 0 Å². The lowest BCUT2D eigenvalue weighted by Gasteiger charge is -2.32. The fourth-order valence-electron chi connectivity index (χ4n) is 2.04. The first-order valence-electron chi connectivity index (χ1n) is 5.04. The maximum Gasteiger partial charge on any atom is 0.491 e. The van der Waals surface area contributed by atoms with E-state index in [9.17, 15) is 35.1 Å². The Morgan fingerprint density at radius 3 is 1.50 bits per heavy atom. The van der Waals surface area contributed by atoms with Crippen LogP contribution in [0.3, 0.4) is 0 Å². The number of hydrogen-bond donors (Lipinski definition) is 0. The Labute approximate surface area is 97.0 Å². The smallest absolute Gasteiger partial charge is 0.192 e. The molecule has 0 atom stereocenters. The topological polar surface area (TPSA) is 3.24 Å². The number of rotatable bonds is 2. The molecule has 106 valence electrons. The first-order chi connectivity index (χ1) is 8.05. The van der Waals surface area contributed by atoms with Gasteiger partial charge in [-0.1, -0.05) is 12.8 Å². The zero-order valence-electron chi connectivity index (χ0n) is 8.88. The molecule has 0 bridgehead atoms. The molecular formula is C9H9F8N. The minimum atomic E-state index is -5.92. The van der Waals surface area contributed by atoms with E-state index in [1.54, 1.807) is 0 Å². The fourth-order valence-corrected chi connectivity index (χ4v) is 2.04. The Kier molecular flexibility index (Phi) is 4.12. The lowest BCUT2D eigenvalue weighted by molar-refractivity contribution is -0.362. The maximum atomic E-state index is 12.5. The number of nitrogens with zero attached hydrogens (tertiary/aromatic N) is 1. The normalized spacial score (nSPS) is 18.0. The Balaban J connectivity index is 3.20. The van der Waals surface area contributed by atoms with E-state index in [-0.39, 0.29) is 12.8 Å². The molecule has 0 N–H and O–H groups in total. The van der Waals surface area contributed by atoms with Crippen molar-refractivity contribution < 1.29 is 35.1 Å². The summed E-state index contributed by atoms with van der Waals surface area (Å²) in [5, 5.41) is 0. The van der Waals surface area contributed by atoms with Gasteiger partial charge in [0.05, 0.1) is 5.70 Å². The Morgan fingerprint density at radius 1 is 0.833 bits per heavy atom. The van der Waals surface area contributed by atoms with Crippen LogP contribution in [0.25, 0.3) is 0 Å². The SMILES string of the molecule is FC(F)=C(C1CCCC1)N(C(F)(F)F)C(F)(F)F. The van der Waals surface area contributed by atoms with Gasteiger partial charge >= 0.3 is 12.6 Å². The van der Waals surface area contributed by atoms with Crippen LogP contribution in [0.2, 0.25) is 0 Å². The standard InChI is InChI=1S/C9H9F8N/c10-7(11)6(5-3-1-2-4-5)18(8(12,13)14)9(15,16)17/h5H,1-4H2. The Morgan fingerprint density at radius 2 is 1.22 bits per heavy atom.